The van der Waals surface area contributed by atoms with E-state index in [1.807, 2.05) is 30.3 Å². The topological polar surface area (TPSA) is 104 Å². The fourth-order valence-corrected chi connectivity index (χ4v) is 2.37. The summed E-state index contributed by atoms with van der Waals surface area (Å²) in [4.78, 5) is 22.2. The van der Waals surface area contributed by atoms with Gasteiger partial charge in [-0.05, 0) is 11.6 Å². The Morgan fingerprint density at radius 3 is 2.52 bits per heavy atom. The van der Waals surface area contributed by atoms with Gasteiger partial charge in [0.25, 0.3) is 5.69 Å². The molecule has 0 saturated carbocycles. The lowest BCUT2D eigenvalue weighted by Gasteiger charge is -2.12. The van der Waals surface area contributed by atoms with Crippen LogP contribution >= 0.6 is 0 Å². The van der Waals surface area contributed by atoms with Gasteiger partial charge in [-0.3, -0.25) is 14.9 Å². The summed E-state index contributed by atoms with van der Waals surface area (Å²) >= 11 is 0. The number of benzene rings is 2. The van der Waals surface area contributed by atoms with E-state index in [0.29, 0.717) is 12.1 Å². The molecular formula is C18H21N3O4. The Kier molecular flexibility index (Phi) is 6.91. The lowest BCUT2D eigenvalue weighted by molar-refractivity contribution is -0.384. The van der Waals surface area contributed by atoms with E-state index in [0.717, 1.165) is 5.56 Å². The Labute approximate surface area is 145 Å². The normalized spacial score (nSPS) is 11.6. The highest BCUT2D eigenvalue weighted by Gasteiger charge is 2.12. The first kappa shape index (κ1) is 18.4. The fraction of sp³-hybridized carbons (Fsp3) is 0.278. The highest BCUT2D eigenvalue weighted by molar-refractivity contribution is 5.76. The Morgan fingerprint density at radius 1 is 1.12 bits per heavy atom. The summed E-state index contributed by atoms with van der Waals surface area (Å²) in [5, 5.41) is 26.4. The second-order valence-electron chi connectivity index (χ2n) is 5.60. The summed E-state index contributed by atoms with van der Waals surface area (Å²) < 4.78 is 0. The molecular weight excluding hydrogens is 322 g/mol. The quantitative estimate of drug-likeness (QED) is 0.478. The Bertz CT molecular complexity index is 706. The second-order valence-corrected chi connectivity index (χ2v) is 5.60. The van der Waals surface area contributed by atoms with Gasteiger partial charge < -0.3 is 15.7 Å². The summed E-state index contributed by atoms with van der Waals surface area (Å²) in [5.74, 6) is -0.224. The van der Waals surface area contributed by atoms with Gasteiger partial charge in [0.2, 0.25) is 5.91 Å². The summed E-state index contributed by atoms with van der Waals surface area (Å²) in [7, 11) is 0. The summed E-state index contributed by atoms with van der Waals surface area (Å²) in [6, 6.07) is 15.8. The van der Waals surface area contributed by atoms with Crippen LogP contribution in [0.3, 0.4) is 0 Å². The summed E-state index contributed by atoms with van der Waals surface area (Å²) in [6.45, 7) is 0.435. The van der Waals surface area contributed by atoms with Crippen molar-refractivity contribution in [2.24, 2.45) is 0 Å². The number of nitro benzene ring substituents is 1. The predicted molar refractivity (Wildman–Crippen MR) is 95.4 cm³/mol. The maximum atomic E-state index is 11.8. The number of nitrogens with zero attached hydrogens (tertiary/aromatic N) is 1. The van der Waals surface area contributed by atoms with E-state index >= 15 is 0 Å². The Balaban J connectivity index is 1.70. The van der Waals surface area contributed by atoms with Crippen LogP contribution in [-0.4, -0.2) is 35.1 Å². The third kappa shape index (κ3) is 6.23. The molecule has 1 unspecified atom stereocenters. The highest BCUT2D eigenvalue weighted by atomic mass is 16.6. The second kappa shape index (κ2) is 9.39. The van der Waals surface area contributed by atoms with Crippen molar-refractivity contribution < 1.29 is 14.8 Å². The molecule has 0 fully saturated rings. The van der Waals surface area contributed by atoms with E-state index in [1.165, 1.54) is 6.07 Å². The van der Waals surface area contributed by atoms with Gasteiger partial charge in [-0.25, -0.2) is 0 Å². The molecule has 7 nitrogen and oxygen atoms in total. The number of hydrogen-bond donors (Lipinski definition) is 3. The molecule has 2 aromatic carbocycles. The van der Waals surface area contributed by atoms with Crippen LogP contribution in [0.1, 0.15) is 12.0 Å². The number of nitrogens with one attached hydrogen (secondary N) is 2. The maximum absolute atomic E-state index is 11.8. The van der Waals surface area contributed by atoms with Crippen molar-refractivity contribution in [1.29, 1.82) is 0 Å². The minimum atomic E-state index is -0.658. The number of aliphatic hydroxyl groups excluding tert-OH is 1. The van der Waals surface area contributed by atoms with Crippen LogP contribution in [0, 0.1) is 10.1 Å². The Hall–Kier alpha value is -2.93. The van der Waals surface area contributed by atoms with E-state index < -0.39 is 11.0 Å². The van der Waals surface area contributed by atoms with Gasteiger partial charge in [0, 0.05) is 32.0 Å². The number of hydrogen-bond acceptors (Lipinski definition) is 5. The number of carbonyl (C=O) groups is 1. The number of anilines is 1. The summed E-state index contributed by atoms with van der Waals surface area (Å²) in [6.07, 6.45) is -0.0332. The van der Waals surface area contributed by atoms with Crippen molar-refractivity contribution in [2.75, 3.05) is 18.4 Å². The largest absolute Gasteiger partial charge is 0.391 e. The van der Waals surface area contributed by atoms with E-state index in [9.17, 15) is 20.0 Å². The van der Waals surface area contributed by atoms with Gasteiger partial charge in [-0.2, -0.15) is 0 Å². The fourth-order valence-electron chi connectivity index (χ4n) is 2.37. The van der Waals surface area contributed by atoms with Gasteiger partial charge in [-0.1, -0.05) is 42.5 Å². The SMILES string of the molecule is O=C(CCNc1ccccc1[N+](=O)[O-])NCC(O)Cc1ccccc1. The molecule has 0 heterocycles. The van der Waals surface area contributed by atoms with Crippen LogP contribution in [-0.2, 0) is 11.2 Å². The predicted octanol–water partition coefficient (Wildman–Crippen LogP) is 2.12. The van der Waals surface area contributed by atoms with Crippen molar-refractivity contribution >= 4 is 17.3 Å². The zero-order valence-corrected chi connectivity index (χ0v) is 13.7. The van der Waals surface area contributed by atoms with E-state index in [2.05, 4.69) is 10.6 Å². The molecule has 0 saturated heterocycles. The number of nitro groups is 1. The monoisotopic (exact) mass is 343 g/mol. The van der Waals surface area contributed by atoms with Gasteiger partial charge >= 0.3 is 0 Å². The smallest absolute Gasteiger partial charge is 0.292 e. The molecule has 1 amide bonds. The average Bonchev–Trinajstić information content (AvgIpc) is 2.61. The third-order valence-electron chi connectivity index (χ3n) is 3.62. The van der Waals surface area contributed by atoms with Crippen molar-refractivity contribution in [2.45, 2.75) is 18.9 Å². The molecule has 0 aliphatic carbocycles. The number of amides is 1. The molecule has 0 spiro atoms. The first-order valence-electron chi connectivity index (χ1n) is 8.02. The van der Waals surface area contributed by atoms with Crippen molar-refractivity contribution in [3.05, 3.63) is 70.3 Å². The van der Waals surface area contributed by atoms with Crippen LogP contribution in [0.25, 0.3) is 0 Å². The van der Waals surface area contributed by atoms with Crippen LogP contribution in [0.4, 0.5) is 11.4 Å². The molecule has 1 atom stereocenters. The third-order valence-corrected chi connectivity index (χ3v) is 3.62. The van der Waals surface area contributed by atoms with E-state index in [-0.39, 0.29) is 31.1 Å². The van der Waals surface area contributed by atoms with Crippen LogP contribution < -0.4 is 10.6 Å². The van der Waals surface area contributed by atoms with E-state index in [1.54, 1.807) is 18.2 Å². The maximum Gasteiger partial charge on any atom is 0.292 e. The Morgan fingerprint density at radius 2 is 1.80 bits per heavy atom. The number of rotatable bonds is 9. The number of carbonyl (C=O) groups excluding carboxylic acids is 1. The van der Waals surface area contributed by atoms with Gasteiger partial charge in [0.15, 0.2) is 0 Å². The summed E-state index contributed by atoms with van der Waals surface area (Å²) in [5.41, 5.74) is 1.35. The zero-order chi connectivity index (χ0) is 18.1. The molecule has 0 aliphatic heterocycles. The molecule has 7 heteroatoms. The molecule has 0 aromatic heterocycles. The molecule has 0 bridgehead atoms. The standard InChI is InChI=1S/C18H21N3O4/c22-15(12-14-6-2-1-3-7-14)13-20-18(23)10-11-19-16-8-4-5-9-17(16)21(24)25/h1-9,15,19,22H,10-13H2,(H,20,23). The highest BCUT2D eigenvalue weighted by Crippen LogP contribution is 2.22. The zero-order valence-electron chi connectivity index (χ0n) is 13.7. The van der Waals surface area contributed by atoms with Crippen molar-refractivity contribution in [3.8, 4) is 0 Å². The van der Waals surface area contributed by atoms with Crippen LogP contribution in [0.2, 0.25) is 0 Å². The molecule has 0 aliphatic rings. The van der Waals surface area contributed by atoms with Crippen molar-refractivity contribution in [1.82, 2.24) is 5.32 Å². The van der Waals surface area contributed by atoms with E-state index in [4.69, 9.17) is 0 Å². The average molecular weight is 343 g/mol. The molecule has 0 radical (unpaired) electrons. The van der Waals surface area contributed by atoms with Crippen LogP contribution in [0.15, 0.2) is 54.6 Å². The van der Waals surface area contributed by atoms with Gasteiger partial charge in [-0.15, -0.1) is 0 Å². The molecule has 25 heavy (non-hydrogen) atoms. The first-order valence-corrected chi connectivity index (χ1v) is 8.02. The van der Waals surface area contributed by atoms with Gasteiger partial charge in [0.05, 0.1) is 11.0 Å². The molecule has 3 N–H and O–H groups in total. The molecule has 2 aromatic rings. The lowest BCUT2D eigenvalue weighted by atomic mass is 10.1. The minimum absolute atomic E-state index is 0.0267. The van der Waals surface area contributed by atoms with Crippen LogP contribution in [0.5, 0.6) is 0 Å². The number of para-hydroxylation sites is 2. The lowest BCUT2D eigenvalue weighted by Crippen LogP contribution is -2.34. The molecule has 132 valence electrons. The number of aliphatic hydroxyl groups is 1. The minimum Gasteiger partial charge on any atom is -0.391 e. The van der Waals surface area contributed by atoms with Crippen molar-refractivity contribution in [3.63, 3.8) is 0 Å². The first-order chi connectivity index (χ1) is 12.1. The molecule has 2 rings (SSSR count). The van der Waals surface area contributed by atoms with Gasteiger partial charge in [0.1, 0.15) is 5.69 Å².